The molecule has 2 N–H and O–H groups in total. The first-order valence-corrected chi connectivity index (χ1v) is 6.16. The highest BCUT2D eigenvalue weighted by molar-refractivity contribution is 6.04. The fraction of sp³-hybridized carbons (Fsp3) is 0.308. The number of carbonyl (C=O) groups is 3. The monoisotopic (exact) mass is 279 g/mol. The van der Waals surface area contributed by atoms with Crippen LogP contribution in [0.3, 0.4) is 0 Å². The Bertz CT molecular complexity index is 531. The first-order chi connectivity index (χ1) is 9.58. The number of amides is 4. The third-order valence-electron chi connectivity index (χ3n) is 2.91. The van der Waals surface area contributed by atoms with Crippen molar-refractivity contribution in [2.75, 3.05) is 19.6 Å². The Balaban J connectivity index is 1.77. The number of benzene rings is 1. The van der Waals surface area contributed by atoms with Crippen molar-refractivity contribution in [3.63, 3.8) is 0 Å². The lowest BCUT2D eigenvalue weighted by Crippen LogP contribution is -2.41. The summed E-state index contributed by atoms with van der Waals surface area (Å²) >= 11 is 0. The number of hydrogen-bond donors (Lipinski definition) is 2. The molecule has 0 atom stereocenters. The van der Waals surface area contributed by atoms with E-state index in [1.807, 2.05) is 0 Å². The van der Waals surface area contributed by atoms with E-state index >= 15 is 0 Å². The van der Waals surface area contributed by atoms with Crippen molar-refractivity contribution >= 4 is 17.8 Å². The summed E-state index contributed by atoms with van der Waals surface area (Å²) in [5.74, 6) is -1.21. The summed E-state index contributed by atoms with van der Waals surface area (Å²) in [6.45, 7) is -0.160. The van der Waals surface area contributed by atoms with Gasteiger partial charge in [-0.05, 0) is 18.1 Å². The molecule has 0 radical (unpaired) electrons. The van der Waals surface area contributed by atoms with E-state index in [9.17, 15) is 18.8 Å². The Morgan fingerprint density at radius 1 is 1.35 bits per heavy atom. The van der Waals surface area contributed by atoms with Crippen LogP contribution >= 0.6 is 0 Å². The average Bonchev–Trinajstić information content (AvgIpc) is 2.73. The van der Waals surface area contributed by atoms with E-state index in [0.29, 0.717) is 12.0 Å². The van der Waals surface area contributed by atoms with Crippen LogP contribution in [0.25, 0.3) is 0 Å². The normalized spacial score (nSPS) is 14.3. The molecule has 0 bridgehead atoms. The van der Waals surface area contributed by atoms with E-state index in [0.717, 1.165) is 4.90 Å². The number of halogens is 1. The molecule has 1 heterocycles. The number of carbonyl (C=O) groups excluding carboxylic acids is 3. The molecule has 1 saturated heterocycles. The molecule has 1 aromatic rings. The van der Waals surface area contributed by atoms with Gasteiger partial charge >= 0.3 is 6.03 Å². The second-order valence-electron chi connectivity index (χ2n) is 4.33. The first kappa shape index (κ1) is 14.0. The Morgan fingerprint density at radius 3 is 2.75 bits per heavy atom. The maximum absolute atomic E-state index is 13.3. The molecule has 4 amide bonds. The molecule has 1 fully saturated rings. The Hall–Kier alpha value is -2.44. The van der Waals surface area contributed by atoms with Gasteiger partial charge in [-0.1, -0.05) is 18.2 Å². The molecule has 1 aliphatic rings. The standard InChI is InChI=1S/C13H14FN3O3/c14-10-4-2-1-3-9(10)5-6-15-11(18)8-17-12(19)7-16-13(17)20/h1-4H,5-8H2,(H,15,18)(H,16,20). The van der Waals surface area contributed by atoms with Crippen LogP contribution in [0.5, 0.6) is 0 Å². The molecular formula is C13H14FN3O3. The van der Waals surface area contributed by atoms with E-state index in [-0.39, 0.29) is 25.5 Å². The van der Waals surface area contributed by atoms with E-state index in [1.54, 1.807) is 18.2 Å². The highest BCUT2D eigenvalue weighted by atomic mass is 19.1. The van der Waals surface area contributed by atoms with Gasteiger partial charge in [-0.2, -0.15) is 0 Å². The number of imide groups is 1. The second-order valence-corrected chi connectivity index (χ2v) is 4.33. The van der Waals surface area contributed by atoms with Gasteiger partial charge in [-0.15, -0.1) is 0 Å². The van der Waals surface area contributed by atoms with Gasteiger partial charge in [0.2, 0.25) is 5.91 Å². The number of rotatable bonds is 5. The summed E-state index contributed by atoms with van der Waals surface area (Å²) in [6, 6.07) is 5.73. The van der Waals surface area contributed by atoms with Gasteiger partial charge in [0.05, 0.1) is 6.54 Å². The molecule has 1 aliphatic heterocycles. The third-order valence-corrected chi connectivity index (χ3v) is 2.91. The summed E-state index contributed by atoms with van der Waals surface area (Å²) < 4.78 is 13.3. The van der Waals surface area contributed by atoms with Crippen LogP contribution in [0.15, 0.2) is 24.3 Å². The topological polar surface area (TPSA) is 78.5 Å². The van der Waals surface area contributed by atoms with Crippen molar-refractivity contribution in [2.24, 2.45) is 0 Å². The predicted octanol–water partition coefficient (Wildman–Crippen LogP) is 0.0362. The third kappa shape index (κ3) is 3.31. The number of nitrogens with one attached hydrogen (secondary N) is 2. The maximum atomic E-state index is 13.3. The van der Waals surface area contributed by atoms with Crippen molar-refractivity contribution in [1.29, 1.82) is 0 Å². The number of urea groups is 1. The van der Waals surface area contributed by atoms with Crippen molar-refractivity contribution in [3.8, 4) is 0 Å². The fourth-order valence-electron chi connectivity index (χ4n) is 1.85. The van der Waals surface area contributed by atoms with Gasteiger partial charge in [0.1, 0.15) is 12.4 Å². The van der Waals surface area contributed by atoms with Crippen LogP contribution in [-0.4, -0.2) is 42.4 Å². The minimum atomic E-state index is -0.570. The first-order valence-electron chi connectivity index (χ1n) is 6.16. The molecule has 0 aromatic heterocycles. The molecule has 20 heavy (non-hydrogen) atoms. The van der Waals surface area contributed by atoms with Crippen LogP contribution in [0.1, 0.15) is 5.56 Å². The average molecular weight is 279 g/mol. The summed E-state index contributed by atoms with van der Waals surface area (Å²) in [4.78, 5) is 34.9. The quantitative estimate of drug-likeness (QED) is 0.747. The van der Waals surface area contributed by atoms with E-state index in [1.165, 1.54) is 6.07 Å². The van der Waals surface area contributed by atoms with Gasteiger partial charge in [0.25, 0.3) is 5.91 Å². The number of hydrogen-bond acceptors (Lipinski definition) is 3. The number of nitrogens with zero attached hydrogens (tertiary/aromatic N) is 1. The SMILES string of the molecule is O=C(CN1C(=O)CNC1=O)NCCc1ccccc1F. The molecule has 0 saturated carbocycles. The molecule has 106 valence electrons. The summed E-state index contributed by atoms with van der Waals surface area (Å²) in [6.07, 6.45) is 0.346. The van der Waals surface area contributed by atoms with Crippen LogP contribution < -0.4 is 10.6 Å². The van der Waals surface area contributed by atoms with Gasteiger partial charge in [0.15, 0.2) is 0 Å². The van der Waals surface area contributed by atoms with E-state index < -0.39 is 17.8 Å². The molecule has 0 spiro atoms. The van der Waals surface area contributed by atoms with E-state index in [2.05, 4.69) is 10.6 Å². The minimum Gasteiger partial charge on any atom is -0.354 e. The molecule has 0 unspecified atom stereocenters. The van der Waals surface area contributed by atoms with Crippen molar-refractivity contribution in [1.82, 2.24) is 15.5 Å². The van der Waals surface area contributed by atoms with Gasteiger partial charge in [-0.25, -0.2) is 9.18 Å². The van der Waals surface area contributed by atoms with Crippen LogP contribution in [0, 0.1) is 5.82 Å². The Labute approximate surface area is 114 Å². The second kappa shape index (κ2) is 6.14. The molecule has 2 rings (SSSR count). The zero-order valence-corrected chi connectivity index (χ0v) is 10.7. The van der Waals surface area contributed by atoms with E-state index in [4.69, 9.17) is 0 Å². The Kier molecular flexibility index (Phi) is 4.29. The zero-order chi connectivity index (χ0) is 14.5. The molecule has 6 nitrogen and oxygen atoms in total. The minimum absolute atomic E-state index is 0.0820. The summed E-state index contributed by atoms with van der Waals surface area (Å²) in [5, 5.41) is 4.87. The van der Waals surface area contributed by atoms with Crippen LogP contribution in [-0.2, 0) is 16.0 Å². The van der Waals surface area contributed by atoms with Crippen molar-refractivity contribution in [2.45, 2.75) is 6.42 Å². The van der Waals surface area contributed by atoms with Gasteiger partial charge in [0, 0.05) is 6.54 Å². The smallest absolute Gasteiger partial charge is 0.325 e. The highest BCUT2D eigenvalue weighted by Crippen LogP contribution is 2.06. The Morgan fingerprint density at radius 2 is 2.10 bits per heavy atom. The fourth-order valence-corrected chi connectivity index (χ4v) is 1.85. The maximum Gasteiger partial charge on any atom is 0.325 e. The largest absolute Gasteiger partial charge is 0.354 e. The molecular weight excluding hydrogens is 265 g/mol. The molecule has 1 aromatic carbocycles. The summed E-state index contributed by atoms with van der Waals surface area (Å²) in [5.41, 5.74) is 0.503. The van der Waals surface area contributed by atoms with Gasteiger partial charge in [-0.3, -0.25) is 14.5 Å². The molecule has 7 heteroatoms. The highest BCUT2D eigenvalue weighted by Gasteiger charge is 2.29. The van der Waals surface area contributed by atoms with Crippen molar-refractivity contribution < 1.29 is 18.8 Å². The molecule has 0 aliphatic carbocycles. The van der Waals surface area contributed by atoms with Crippen molar-refractivity contribution in [3.05, 3.63) is 35.6 Å². The zero-order valence-electron chi connectivity index (χ0n) is 10.7. The van der Waals surface area contributed by atoms with Crippen LogP contribution in [0.2, 0.25) is 0 Å². The summed E-state index contributed by atoms with van der Waals surface area (Å²) in [7, 11) is 0. The lowest BCUT2D eigenvalue weighted by molar-refractivity contribution is -0.130. The predicted molar refractivity (Wildman–Crippen MR) is 68.2 cm³/mol. The van der Waals surface area contributed by atoms with Crippen LogP contribution in [0.4, 0.5) is 9.18 Å². The van der Waals surface area contributed by atoms with Gasteiger partial charge < -0.3 is 10.6 Å². The lowest BCUT2D eigenvalue weighted by Gasteiger charge is -2.12. The lowest BCUT2D eigenvalue weighted by atomic mass is 10.1.